The van der Waals surface area contributed by atoms with E-state index >= 15 is 0 Å². The third-order valence-corrected chi connectivity index (χ3v) is 4.90. The van der Waals surface area contributed by atoms with Gasteiger partial charge in [-0.2, -0.15) is 0 Å². The van der Waals surface area contributed by atoms with Gasteiger partial charge in [-0.15, -0.1) is 0 Å². The first-order valence-electron chi connectivity index (χ1n) is 10.4. The van der Waals surface area contributed by atoms with Crippen molar-refractivity contribution in [1.82, 2.24) is 16.0 Å². The van der Waals surface area contributed by atoms with Crippen molar-refractivity contribution in [2.45, 2.75) is 78.6 Å². The molecule has 0 radical (unpaired) electrons. The van der Waals surface area contributed by atoms with Gasteiger partial charge in [-0.3, -0.25) is 14.4 Å². The van der Waals surface area contributed by atoms with Crippen LogP contribution in [-0.2, 0) is 19.2 Å². The van der Waals surface area contributed by atoms with Crippen molar-refractivity contribution >= 4 is 23.7 Å². The summed E-state index contributed by atoms with van der Waals surface area (Å²) in [6.07, 6.45) is 0.864. The number of carbonyl (C=O) groups excluding carboxylic acids is 3. The maximum Gasteiger partial charge on any atom is 0.326 e. The van der Waals surface area contributed by atoms with E-state index in [1.54, 1.807) is 20.8 Å². The van der Waals surface area contributed by atoms with Crippen LogP contribution in [0.25, 0.3) is 0 Å². The predicted octanol–water partition coefficient (Wildman–Crippen LogP) is -0.407. The summed E-state index contributed by atoms with van der Waals surface area (Å²) >= 11 is 0. The van der Waals surface area contributed by atoms with Crippen molar-refractivity contribution in [2.75, 3.05) is 6.61 Å². The third-order valence-electron chi connectivity index (χ3n) is 4.90. The highest BCUT2D eigenvalue weighted by atomic mass is 16.4. The lowest BCUT2D eigenvalue weighted by Crippen LogP contribution is -2.59. The summed E-state index contributed by atoms with van der Waals surface area (Å²) in [5.41, 5.74) is 5.51. The van der Waals surface area contributed by atoms with Crippen LogP contribution in [0.5, 0.6) is 0 Å². The van der Waals surface area contributed by atoms with E-state index < -0.39 is 54.5 Å². The van der Waals surface area contributed by atoms with Gasteiger partial charge in [0, 0.05) is 0 Å². The Hall–Kier alpha value is -2.20. The molecule has 0 rings (SSSR count). The van der Waals surface area contributed by atoms with E-state index in [0.29, 0.717) is 12.8 Å². The molecule has 0 aliphatic carbocycles. The summed E-state index contributed by atoms with van der Waals surface area (Å²) in [4.78, 5) is 49.2. The van der Waals surface area contributed by atoms with Gasteiger partial charge in [0.2, 0.25) is 17.7 Å². The SMILES string of the molecule is CCC(C)C(NC(=O)C(CC(C)C)NC(=O)C(N)CO)C(=O)NC(C(=O)O)C(C)C. The molecule has 0 heterocycles. The Morgan fingerprint density at radius 2 is 1.40 bits per heavy atom. The van der Waals surface area contributed by atoms with Crippen LogP contribution in [0.15, 0.2) is 0 Å². The largest absolute Gasteiger partial charge is 0.480 e. The van der Waals surface area contributed by atoms with E-state index in [2.05, 4.69) is 16.0 Å². The summed E-state index contributed by atoms with van der Waals surface area (Å²) < 4.78 is 0. The number of aliphatic hydroxyl groups is 1. The second kappa shape index (κ2) is 13.2. The standard InChI is InChI=1S/C20H38N4O6/c1-7-12(6)16(19(28)23-15(11(4)5)20(29)30)24-18(27)14(8-10(2)3)22-17(26)13(21)9-25/h10-16,25H,7-9,21H2,1-6H3,(H,22,26)(H,23,28)(H,24,27)(H,29,30). The topological polar surface area (TPSA) is 171 Å². The Bertz CT molecular complexity index is 596. The average Bonchev–Trinajstić information content (AvgIpc) is 2.66. The molecule has 0 fully saturated rings. The molecular weight excluding hydrogens is 392 g/mol. The molecule has 3 amide bonds. The highest BCUT2D eigenvalue weighted by Crippen LogP contribution is 2.12. The van der Waals surface area contributed by atoms with Gasteiger partial charge in [-0.05, 0) is 24.2 Å². The molecule has 0 spiro atoms. The zero-order valence-electron chi connectivity index (χ0n) is 18.8. The van der Waals surface area contributed by atoms with Gasteiger partial charge in [-0.25, -0.2) is 4.79 Å². The van der Waals surface area contributed by atoms with Gasteiger partial charge < -0.3 is 31.9 Å². The van der Waals surface area contributed by atoms with Crippen LogP contribution in [0.4, 0.5) is 0 Å². The minimum absolute atomic E-state index is 0.0552. The number of hydrogen-bond acceptors (Lipinski definition) is 6. The monoisotopic (exact) mass is 430 g/mol. The van der Waals surface area contributed by atoms with Gasteiger partial charge in [0.25, 0.3) is 0 Å². The van der Waals surface area contributed by atoms with Crippen molar-refractivity contribution in [2.24, 2.45) is 23.5 Å². The molecule has 0 aromatic rings. The lowest BCUT2D eigenvalue weighted by molar-refractivity contribution is -0.144. The molecule has 0 saturated carbocycles. The van der Waals surface area contributed by atoms with Crippen LogP contribution in [-0.4, -0.2) is 64.7 Å². The summed E-state index contributed by atoms with van der Waals surface area (Å²) in [7, 11) is 0. The zero-order chi connectivity index (χ0) is 23.6. The number of aliphatic hydroxyl groups excluding tert-OH is 1. The Balaban J connectivity index is 5.52. The van der Waals surface area contributed by atoms with Gasteiger partial charge in [0.05, 0.1) is 6.61 Å². The van der Waals surface area contributed by atoms with E-state index in [4.69, 9.17) is 10.8 Å². The first-order chi connectivity index (χ1) is 13.8. The number of hydrogen-bond donors (Lipinski definition) is 6. The van der Waals surface area contributed by atoms with Crippen molar-refractivity contribution < 1.29 is 29.4 Å². The second-order valence-electron chi connectivity index (χ2n) is 8.42. The van der Waals surface area contributed by atoms with Crippen molar-refractivity contribution in [3.8, 4) is 0 Å². The van der Waals surface area contributed by atoms with Crippen LogP contribution < -0.4 is 21.7 Å². The van der Waals surface area contributed by atoms with E-state index in [-0.39, 0.29) is 17.8 Å². The quantitative estimate of drug-likeness (QED) is 0.231. The lowest BCUT2D eigenvalue weighted by atomic mass is 9.95. The Morgan fingerprint density at radius 3 is 1.80 bits per heavy atom. The fourth-order valence-electron chi connectivity index (χ4n) is 2.78. The number of nitrogens with two attached hydrogens (primary N) is 1. The van der Waals surface area contributed by atoms with Crippen LogP contribution in [0.2, 0.25) is 0 Å². The van der Waals surface area contributed by atoms with Crippen molar-refractivity contribution in [1.29, 1.82) is 0 Å². The molecule has 0 aliphatic heterocycles. The van der Waals surface area contributed by atoms with Gasteiger partial charge in [0.15, 0.2) is 0 Å². The highest BCUT2D eigenvalue weighted by Gasteiger charge is 2.33. The molecule has 5 atom stereocenters. The van der Waals surface area contributed by atoms with E-state index in [1.807, 2.05) is 20.8 Å². The number of carbonyl (C=O) groups is 4. The van der Waals surface area contributed by atoms with Gasteiger partial charge in [-0.1, -0.05) is 48.0 Å². The molecule has 0 bridgehead atoms. The summed E-state index contributed by atoms with van der Waals surface area (Å²) in [6, 6.07) is -4.17. The molecule has 0 aromatic carbocycles. The number of carboxylic acids is 1. The van der Waals surface area contributed by atoms with E-state index in [1.165, 1.54) is 0 Å². The molecule has 10 nitrogen and oxygen atoms in total. The predicted molar refractivity (Wildman–Crippen MR) is 112 cm³/mol. The number of carboxylic acid groups (broad SMARTS) is 1. The highest BCUT2D eigenvalue weighted by molar-refractivity contribution is 5.94. The Kier molecular flexibility index (Phi) is 12.2. The molecule has 10 heteroatoms. The minimum Gasteiger partial charge on any atom is -0.480 e. The fraction of sp³-hybridized carbons (Fsp3) is 0.800. The lowest BCUT2D eigenvalue weighted by Gasteiger charge is -2.29. The molecular formula is C20H38N4O6. The Morgan fingerprint density at radius 1 is 0.867 bits per heavy atom. The van der Waals surface area contributed by atoms with Crippen LogP contribution >= 0.6 is 0 Å². The van der Waals surface area contributed by atoms with E-state index in [0.717, 1.165) is 0 Å². The number of nitrogens with one attached hydrogen (secondary N) is 3. The smallest absolute Gasteiger partial charge is 0.326 e. The van der Waals surface area contributed by atoms with E-state index in [9.17, 15) is 24.3 Å². The zero-order valence-corrected chi connectivity index (χ0v) is 18.8. The fourth-order valence-corrected chi connectivity index (χ4v) is 2.78. The summed E-state index contributed by atoms with van der Waals surface area (Å²) in [6.45, 7) is 10.2. The first kappa shape index (κ1) is 27.8. The number of aliphatic carboxylic acids is 1. The molecule has 5 unspecified atom stereocenters. The summed E-state index contributed by atoms with van der Waals surface area (Å²) in [5.74, 6) is -3.55. The molecule has 30 heavy (non-hydrogen) atoms. The first-order valence-corrected chi connectivity index (χ1v) is 10.4. The number of amides is 3. The van der Waals surface area contributed by atoms with Crippen LogP contribution in [0.1, 0.15) is 54.4 Å². The molecule has 0 aromatic heterocycles. The maximum atomic E-state index is 12.9. The van der Waals surface area contributed by atoms with Crippen LogP contribution in [0.3, 0.4) is 0 Å². The Labute approximate surface area is 178 Å². The average molecular weight is 431 g/mol. The van der Waals surface area contributed by atoms with Crippen LogP contribution in [0, 0.1) is 17.8 Å². The van der Waals surface area contributed by atoms with Gasteiger partial charge in [0.1, 0.15) is 24.2 Å². The molecule has 7 N–H and O–H groups in total. The van der Waals surface area contributed by atoms with Crippen molar-refractivity contribution in [3.63, 3.8) is 0 Å². The second-order valence-corrected chi connectivity index (χ2v) is 8.42. The summed E-state index contributed by atoms with van der Waals surface area (Å²) in [5, 5.41) is 26.0. The molecule has 0 aliphatic rings. The normalized spacial score (nSPS) is 16.3. The van der Waals surface area contributed by atoms with Crippen molar-refractivity contribution in [3.05, 3.63) is 0 Å². The maximum absolute atomic E-state index is 12.9. The van der Waals surface area contributed by atoms with Gasteiger partial charge >= 0.3 is 5.97 Å². The molecule has 0 saturated heterocycles. The number of rotatable bonds is 13. The molecule has 174 valence electrons. The third kappa shape index (κ3) is 9.08. The minimum atomic E-state index is -1.16.